The minimum absolute atomic E-state index is 0.137. The lowest BCUT2D eigenvalue weighted by Crippen LogP contribution is -2.46. The molecule has 1 unspecified atom stereocenters. The molecular weight excluding hydrogens is 264 g/mol. The van der Waals surface area contributed by atoms with E-state index in [1.165, 1.54) is 11.1 Å². The van der Waals surface area contributed by atoms with Crippen LogP contribution in [0.3, 0.4) is 0 Å². The molecular formula is C17H28N2O2. The first-order chi connectivity index (χ1) is 9.85. The maximum absolute atomic E-state index is 6.32. The van der Waals surface area contributed by atoms with Gasteiger partial charge in [0.15, 0.2) is 11.5 Å². The van der Waals surface area contributed by atoms with Gasteiger partial charge in [0.05, 0.1) is 14.2 Å². The van der Waals surface area contributed by atoms with Gasteiger partial charge in [0.1, 0.15) is 0 Å². The van der Waals surface area contributed by atoms with E-state index >= 15 is 0 Å². The Morgan fingerprint density at radius 1 is 1.14 bits per heavy atom. The smallest absolute Gasteiger partial charge is 0.161 e. The number of hydrogen-bond acceptors (Lipinski definition) is 4. The standard InChI is InChI=1S/C17H28N2O2/c1-17(2,3)16(18)11-19-7-6-12-8-14(20-4)15(21-5)9-13(12)10-19/h8-9,16H,6-7,10-11,18H2,1-5H3. The van der Waals surface area contributed by atoms with E-state index in [4.69, 9.17) is 15.2 Å². The lowest BCUT2D eigenvalue weighted by Gasteiger charge is -2.35. The number of nitrogens with zero attached hydrogens (tertiary/aromatic N) is 1. The molecule has 4 heteroatoms. The molecule has 0 aliphatic carbocycles. The highest BCUT2D eigenvalue weighted by atomic mass is 16.5. The Hall–Kier alpha value is -1.26. The molecule has 1 aromatic carbocycles. The minimum atomic E-state index is 0.137. The molecule has 2 rings (SSSR count). The lowest BCUT2D eigenvalue weighted by atomic mass is 9.86. The maximum Gasteiger partial charge on any atom is 0.161 e. The highest BCUT2D eigenvalue weighted by Gasteiger charge is 2.26. The molecule has 1 aromatic rings. The summed E-state index contributed by atoms with van der Waals surface area (Å²) in [4.78, 5) is 2.43. The number of rotatable bonds is 4. The second-order valence-corrected chi connectivity index (χ2v) is 6.93. The van der Waals surface area contributed by atoms with E-state index in [0.717, 1.165) is 37.6 Å². The molecule has 0 fully saturated rings. The maximum atomic E-state index is 6.32. The van der Waals surface area contributed by atoms with E-state index in [0.29, 0.717) is 0 Å². The molecule has 0 radical (unpaired) electrons. The predicted octanol–water partition coefficient (Wildman–Crippen LogP) is 2.44. The van der Waals surface area contributed by atoms with Crippen molar-refractivity contribution in [3.05, 3.63) is 23.3 Å². The van der Waals surface area contributed by atoms with Crippen LogP contribution in [-0.4, -0.2) is 38.3 Å². The number of ether oxygens (including phenoxy) is 2. The summed E-state index contributed by atoms with van der Waals surface area (Å²) in [6.07, 6.45) is 1.03. The Bertz CT molecular complexity index is 494. The lowest BCUT2D eigenvalue weighted by molar-refractivity contribution is 0.186. The van der Waals surface area contributed by atoms with E-state index in [9.17, 15) is 0 Å². The van der Waals surface area contributed by atoms with E-state index in [1.54, 1.807) is 14.2 Å². The second kappa shape index (κ2) is 6.24. The third-order valence-corrected chi connectivity index (χ3v) is 4.36. The van der Waals surface area contributed by atoms with Gasteiger partial charge in [-0.25, -0.2) is 0 Å². The van der Waals surface area contributed by atoms with Gasteiger partial charge in [-0.2, -0.15) is 0 Å². The molecule has 0 saturated carbocycles. The van der Waals surface area contributed by atoms with Gasteiger partial charge in [0, 0.05) is 25.7 Å². The molecule has 0 spiro atoms. The van der Waals surface area contributed by atoms with Crippen molar-refractivity contribution in [3.63, 3.8) is 0 Å². The van der Waals surface area contributed by atoms with Crippen LogP contribution in [-0.2, 0) is 13.0 Å². The fourth-order valence-electron chi connectivity index (χ4n) is 2.65. The Kier molecular flexibility index (Phi) is 4.79. The molecule has 1 aliphatic rings. The van der Waals surface area contributed by atoms with Crippen molar-refractivity contribution in [2.75, 3.05) is 27.3 Å². The Morgan fingerprint density at radius 2 is 1.71 bits per heavy atom. The van der Waals surface area contributed by atoms with Gasteiger partial charge in [-0.1, -0.05) is 20.8 Å². The number of benzene rings is 1. The zero-order valence-corrected chi connectivity index (χ0v) is 13.9. The average Bonchev–Trinajstić information content (AvgIpc) is 2.44. The van der Waals surface area contributed by atoms with E-state index < -0.39 is 0 Å². The summed E-state index contributed by atoms with van der Waals surface area (Å²) in [5, 5.41) is 0. The summed E-state index contributed by atoms with van der Waals surface area (Å²) < 4.78 is 10.8. The van der Waals surface area contributed by atoms with Crippen LogP contribution in [0.5, 0.6) is 11.5 Å². The fraction of sp³-hybridized carbons (Fsp3) is 0.647. The van der Waals surface area contributed by atoms with E-state index in [-0.39, 0.29) is 11.5 Å². The average molecular weight is 292 g/mol. The van der Waals surface area contributed by atoms with Crippen LogP contribution >= 0.6 is 0 Å². The fourth-order valence-corrected chi connectivity index (χ4v) is 2.65. The van der Waals surface area contributed by atoms with Crippen LogP contribution in [0.25, 0.3) is 0 Å². The summed E-state index contributed by atoms with van der Waals surface area (Å²) in [5.41, 5.74) is 9.13. The van der Waals surface area contributed by atoms with Gasteiger partial charge < -0.3 is 15.2 Å². The first-order valence-electron chi connectivity index (χ1n) is 7.57. The van der Waals surface area contributed by atoms with Gasteiger partial charge in [-0.3, -0.25) is 4.90 Å². The molecule has 4 nitrogen and oxygen atoms in total. The molecule has 0 aromatic heterocycles. The quantitative estimate of drug-likeness (QED) is 0.926. The third kappa shape index (κ3) is 3.69. The molecule has 21 heavy (non-hydrogen) atoms. The highest BCUT2D eigenvalue weighted by Crippen LogP contribution is 2.33. The number of hydrogen-bond donors (Lipinski definition) is 1. The summed E-state index contributed by atoms with van der Waals surface area (Å²) in [7, 11) is 3.36. The topological polar surface area (TPSA) is 47.7 Å². The van der Waals surface area contributed by atoms with Gasteiger partial charge in [-0.15, -0.1) is 0 Å². The molecule has 2 N–H and O–H groups in total. The predicted molar refractivity (Wildman–Crippen MR) is 86.0 cm³/mol. The molecule has 1 atom stereocenters. The van der Waals surface area contributed by atoms with E-state index in [2.05, 4.69) is 37.8 Å². The van der Waals surface area contributed by atoms with Crippen LogP contribution in [0.1, 0.15) is 31.9 Å². The van der Waals surface area contributed by atoms with Crippen molar-refractivity contribution < 1.29 is 9.47 Å². The third-order valence-electron chi connectivity index (χ3n) is 4.36. The van der Waals surface area contributed by atoms with Gasteiger partial charge in [-0.05, 0) is 35.1 Å². The van der Waals surface area contributed by atoms with Crippen molar-refractivity contribution in [1.82, 2.24) is 4.90 Å². The van der Waals surface area contributed by atoms with Crippen molar-refractivity contribution in [3.8, 4) is 11.5 Å². The largest absolute Gasteiger partial charge is 0.493 e. The van der Waals surface area contributed by atoms with Gasteiger partial charge in [0.2, 0.25) is 0 Å². The van der Waals surface area contributed by atoms with Gasteiger partial charge in [0.25, 0.3) is 0 Å². The van der Waals surface area contributed by atoms with Crippen LogP contribution < -0.4 is 15.2 Å². The molecule has 1 heterocycles. The second-order valence-electron chi connectivity index (χ2n) is 6.93. The number of methoxy groups -OCH3 is 2. The van der Waals surface area contributed by atoms with Crippen molar-refractivity contribution in [2.45, 2.75) is 39.8 Å². The van der Waals surface area contributed by atoms with E-state index in [1.807, 2.05) is 0 Å². The molecule has 1 aliphatic heterocycles. The normalized spacial score (nSPS) is 17.2. The first kappa shape index (κ1) is 16.1. The Balaban J connectivity index is 2.13. The Morgan fingerprint density at radius 3 is 2.24 bits per heavy atom. The summed E-state index contributed by atoms with van der Waals surface area (Å²) in [6.45, 7) is 9.50. The zero-order valence-electron chi connectivity index (χ0n) is 13.9. The molecule has 0 bridgehead atoms. The number of fused-ring (bicyclic) bond motifs is 1. The van der Waals surface area contributed by atoms with Crippen LogP contribution in [0, 0.1) is 5.41 Å². The zero-order chi connectivity index (χ0) is 15.6. The molecule has 0 saturated heterocycles. The SMILES string of the molecule is COc1cc2c(cc1OC)CN(CC(N)C(C)(C)C)CC2. The summed E-state index contributed by atoms with van der Waals surface area (Å²) in [5.74, 6) is 1.62. The first-order valence-corrected chi connectivity index (χ1v) is 7.57. The Labute approximate surface area is 128 Å². The number of nitrogens with two attached hydrogens (primary N) is 1. The highest BCUT2D eigenvalue weighted by molar-refractivity contribution is 5.48. The molecule has 0 amide bonds. The monoisotopic (exact) mass is 292 g/mol. The summed E-state index contributed by atoms with van der Waals surface area (Å²) >= 11 is 0. The van der Waals surface area contributed by atoms with Crippen molar-refractivity contribution >= 4 is 0 Å². The van der Waals surface area contributed by atoms with Crippen LogP contribution in [0.4, 0.5) is 0 Å². The van der Waals surface area contributed by atoms with Crippen LogP contribution in [0.15, 0.2) is 12.1 Å². The van der Waals surface area contributed by atoms with Crippen molar-refractivity contribution in [2.24, 2.45) is 11.1 Å². The van der Waals surface area contributed by atoms with Crippen LogP contribution in [0.2, 0.25) is 0 Å². The molecule has 118 valence electrons. The summed E-state index contributed by atoms with van der Waals surface area (Å²) in [6, 6.07) is 4.39. The van der Waals surface area contributed by atoms with Gasteiger partial charge >= 0.3 is 0 Å². The van der Waals surface area contributed by atoms with Crippen molar-refractivity contribution in [1.29, 1.82) is 0 Å². The minimum Gasteiger partial charge on any atom is -0.493 e.